The number of benzene rings is 2. The molecule has 4 rings (SSSR count). The van der Waals surface area contributed by atoms with Crippen molar-refractivity contribution in [3.8, 4) is 16.9 Å². The predicted octanol–water partition coefficient (Wildman–Crippen LogP) is 5.91. The Kier molecular flexibility index (Phi) is 4.48. The van der Waals surface area contributed by atoms with Crippen LogP contribution < -0.4 is 5.56 Å². The second-order valence-electron chi connectivity index (χ2n) is 6.86. The lowest BCUT2D eigenvalue weighted by Crippen LogP contribution is -2.06. The Bertz CT molecular complexity index is 1220. The molecule has 0 unspecified atom stereocenters. The van der Waals surface area contributed by atoms with E-state index in [1.54, 1.807) is 12.1 Å². The summed E-state index contributed by atoms with van der Waals surface area (Å²) in [6.45, 7) is 3.92. The van der Waals surface area contributed by atoms with Crippen LogP contribution in [0.4, 0.5) is 4.39 Å². The summed E-state index contributed by atoms with van der Waals surface area (Å²) < 4.78 is 15.3. The summed E-state index contributed by atoms with van der Waals surface area (Å²) in [4.78, 5) is 15.3. The predicted molar refractivity (Wildman–Crippen MR) is 110 cm³/mol. The van der Waals surface area contributed by atoms with Crippen molar-refractivity contribution in [2.24, 2.45) is 0 Å². The number of hydrogen-bond acceptors (Lipinski definition) is 3. The molecule has 0 aliphatic carbocycles. The molecule has 0 bridgehead atoms. The van der Waals surface area contributed by atoms with Gasteiger partial charge in [0.25, 0.3) is 5.56 Å². The molecule has 0 spiro atoms. The van der Waals surface area contributed by atoms with Crippen molar-refractivity contribution >= 4 is 32.3 Å². The number of H-pyrrole nitrogens is 1. The van der Waals surface area contributed by atoms with E-state index in [-0.39, 0.29) is 17.1 Å². The van der Waals surface area contributed by atoms with Crippen molar-refractivity contribution in [1.29, 1.82) is 0 Å². The molecule has 138 valence electrons. The van der Waals surface area contributed by atoms with E-state index in [1.807, 2.05) is 24.4 Å². The highest BCUT2D eigenvalue weighted by molar-refractivity contribution is 7.17. The number of thiophene rings is 1. The fraction of sp³-hybridized carbons (Fsp3) is 0.227. The number of aryl methyl sites for hydroxylation is 2. The fourth-order valence-corrected chi connectivity index (χ4v) is 4.44. The summed E-state index contributed by atoms with van der Waals surface area (Å²) in [6, 6.07) is 8.63. The molecule has 0 amide bonds. The van der Waals surface area contributed by atoms with Crippen LogP contribution >= 0.6 is 11.3 Å². The minimum Gasteiger partial charge on any atom is -0.507 e. The fourth-order valence-electron chi connectivity index (χ4n) is 3.65. The van der Waals surface area contributed by atoms with Gasteiger partial charge in [0.15, 0.2) is 0 Å². The summed E-state index contributed by atoms with van der Waals surface area (Å²) in [6.07, 6.45) is 2.64. The molecule has 2 N–H and O–H groups in total. The highest BCUT2D eigenvalue weighted by Gasteiger charge is 2.18. The van der Waals surface area contributed by atoms with E-state index in [0.29, 0.717) is 33.3 Å². The van der Waals surface area contributed by atoms with E-state index < -0.39 is 0 Å². The maximum Gasteiger partial charge on any atom is 0.266 e. The number of unbranched alkanes of at least 4 members (excludes halogenated alkanes) is 1. The number of fused-ring (bicyclic) bond motifs is 3. The number of halogens is 1. The first-order valence-corrected chi connectivity index (χ1v) is 9.93. The van der Waals surface area contributed by atoms with Crippen LogP contribution in [0.25, 0.3) is 32.1 Å². The van der Waals surface area contributed by atoms with E-state index in [4.69, 9.17) is 0 Å². The standard InChI is InChI=1S/C22H20FNO2S/c1-3-4-5-13-6-7-14(11-16(13)23)18-17(25)10-12(2)20-19(18)15-8-9-27-21(15)22(26)24-20/h6-11,25H,3-5H2,1-2H3,(H,24,26). The van der Waals surface area contributed by atoms with Crippen LogP contribution in [-0.4, -0.2) is 10.1 Å². The lowest BCUT2D eigenvalue weighted by atomic mass is 9.94. The molecule has 0 aliphatic rings. The molecule has 2 heterocycles. The average molecular weight is 381 g/mol. The van der Waals surface area contributed by atoms with Crippen LogP contribution in [0.5, 0.6) is 5.75 Å². The number of pyridine rings is 1. The Balaban J connectivity index is 2.03. The number of aromatic amines is 1. The van der Waals surface area contributed by atoms with Gasteiger partial charge in [0.1, 0.15) is 16.3 Å². The monoisotopic (exact) mass is 381 g/mol. The van der Waals surface area contributed by atoms with Crippen molar-refractivity contribution in [2.45, 2.75) is 33.1 Å². The lowest BCUT2D eigenvalue weighted by Gasteiger charge is -2.14. The molecule has 5 heteroatoms. The third-order valence-electron chi connectivity index (χ3n) is 5.02. The number of aromatic nitrogens is 1. The topological polar surface area (TPSA) is 53.1 Å². The van der Waals surface area contributed by atoms with Gasteiger partial charge in [-0.2, -0.15) is 0 Å². The van der Waals surface area contributed by atoms with Gasteiger partial charge in [-0.1, -0.05) is 25.5 Å². The molecule has 2 aromatic carbocycles. The molecule has 2 aromatic heterocycles. The Morgan fingerprint density at radius 1 is 1.22 bits per heavy atom. The third-order valence-corrected chi connectivity index (χ3v) is 5.94. The van der Waals surface area contributed by atoms with E-state index >= 15 is 0 Å². The van der Waals surface area contributed by atoms with E-state index in [0.717, 1.165) is 29.2 Å². The Morgan fingerprint density at radius 2 is 2.04 bits per heavy atom. The smallest absolute Gasteiger partial charge is 0.266 e. The van der Waals surface area contributed by atoms with E-state index in [9.17, 15) is 14.3 Å². The Hall–Kier alpha value is -2.66. The molecule has 27 heavy (non-hydrogen) atoms. The summed E-state index contributed by atoms with van der Waals surface area (Å²) in [5.41, 5.74) is 3.15. The van der Waals surface area contributed by atoms with Crippen LogP contribution in [0, 0.1) is 12.7 Å². The van der Waals surface area contributed by atoms with Gasteiger partial charge in [0.2, 0.25) is 0 Å². The van der Waals surface area contributed by atoms with E-state index in [1.165, 1.54) is 17.4 Å². The molecular weight excluding hydrogens is 361 g/mol. The Morgan fingerprint density at radius 3 is 2.78 bits per heavy atom. The number of aromatic hydroxyl groups is 1. The first-order valence-electron chi connectivity index (χ1n) is 9.05. The van der Waals surface area contributed by atoms with Crippen molar-refractivity contribution in [3.05, 3.63) is 63.0 Å². The molecular formula is C22H20FNO2S. The number of phenols is 1. The molecule has 3 nitrogen and oxygen atoms in total. The van der Waals surface area contributed by atoms with Crippen LogP contribution in [-0.2, 0) is 6.42 Å². The average Bonchev–Trinajstić information content (AvgIpc) is 3.12. The summed E-state index contributed by atoms with van der Waals surface area (Å²) in [7, 11) is 0. The van der Waals surface area contributed by atoms with Crippen LogP contribution in [0.2, 0.25) is 0 Å². The second kappa shape index (κ2) is 6.82. The number of nitrogens with one attached hydrogen (secondary N) is 1. The molecule has 0 saturated heterocycles. The zero-order valence-electron chi connectivity index (χ0n) is 15.2. The lowest BCUT2D eigenvalue weighted by molar-refractivity contribution is 0.477. The quantitative estimate of drug-likeness (QED) is 0.462. The van der Waals surface area contributed by atoms with Gasteiger partial charge in [-0.3, -0.25) is 4.79 Å². The number of hydrogen-bond donors (Lipinski definition) is 2. The van der Waals surface area contributed by atoms with Crippen LogP contribution in [0.1, 0.15) is 30.9 Å². The van der Waals surface area contributed by atoms with Crippen molar-refractivity contribution in [2.75, 3.05) is 0 Å². The van der Waals surface area contributed by atoms with Gasteiger partial charge in [-0.15, -0.1) is 11.3 Å². The van der Waals surface area contributed by atoms with Gasteiger partial charge in [0, 0.05) is 16.3 Å². The Labute approximate surface area is 160 Å². The van der Waals surface area contributed by atoms with Crippen molar-refractivity contribution in [1.82, 2.24) is 4.98 Å². The van der Waals surface area contributed by atoms with Gasteiger partial charge in [-0.05, 0) is 60.0 Å². The minimum absolute atomic E-state index is 0.0836. The maximum atomic E-state index is 14.7. The third kappa shape index (κ3) is 2.92. The molecule has 0 fully saturated rings. The normalized spacial score (nSPS) is 11.5. The minimum atomic E-state index is -0.264. The summed E-state index contributed by atoms with van der Waals surface area (Å²) in [5.74, 6) is -0.180. The molecule has 0 aliphatic heterocycles. The summed E-state index contributed by atoms with van der Waals surface area (Å²) >= 11 is 1.36. The van der Waals surface area contributed by atoms with Gasteiger partial charge in [0.05, 0.1) is 5.52 Å². The molecule has 0 saturated carbocycles. The SMILES string of the molecule is CCCCc1ccc(-c2c(O)cc(C)c3[nH]c(=O)c4sccc4c23)cc1F. The highest BCUT2D eigenvalue weighted by Crippen LogP contribution is 2.41. The number of rotatable bonds is 4. The zero-order chi connectivity index (χ0) is 19.1. The highest BCUT2D eigenvalue weighted by atomic mass is 32.1. The molecule has 4 aromatic rings. The summed E-state index contributed by atoms with van der Waals surface area (Å²) in [5, 5.41) is 14.1. The molecule has 0 atom stereocenters. The van der Waals surface area contributed by atoms with Crippen molar-refractivity contribution in [3.63, 3.8) is 0 Å². The van der Waals surface area contributed by atoms with Gasteiger partial charge < -0.3 is 10.1 Å². The van der Waals surface area contributed by atoms with Crippen LogP contribution in [0.15, 0.2) is 40.5 Å². The largest absolute Gasteiger partial charge is 0.507 e. The van der Waals surface area contributed by atoms with Gasteiger partial charge >= 0.3 is 0 Å². The zero-order valence-corrected chi connectivity index (χ0v) is 16.0. The van der Waals surface area contributed by atoms with Crippen molar-refractivity contribution < 1.29 is 9.50 Å². The van der Waals surface area contributed by atoms with E-state index in [2.05, 4.69) is 11.9 Å². The number of phenolic OH excluding ortho intramolecular Hbond substituents is 1. The second-order valence-corrected chi connectivity index (χ2v) is 7.78. The van der Waals surface area contributed by atoms with Crippen LogP contribution in [0.3, 0.4) is 0 Å². The molecule has 0 radical (unpaired) electrons. The van der Waals surface area contributed by atoms with Gasteiger partial charge in [-0.25, -0.2) is 4.39 Å². The maximum absolute atomic E-state index is 14.7. The first-order chi connectivity index (χ1) is 13.0. The first kappa shape index (κ1) is 17.7.